The molecule has 0 radical (unpaired) electrons. The van der Waals surface area contributed by atoms with Gasteiger partial charge in [-0.2, -0.15) is 8.42 Å². The zero-order valence-electron chi connectivity index (χ0n) is 17.3. The minimum Gasteiger partial charge on any atom is -0.360 e. The molecule has 1 aliphatic heterocycles. The monoisotopic (exact) mass is 464 g/mol. The number of benzene rings is 2. The highest BCUT2D eigenvalue weighted by molar-refractivity contribution is 7.85. The van der Waals surface area contributed by atoms with E-state index in [0.29, 0.717) is 13.0 Å². The van der Waals surface area contributed by atoms with Crippen LogP contribution in [0.15, 0.2) is 53.4 Å². The van der Waals surface area contributed by atoms with E-state index in [-0.39, 0.29) is 23.0 Å². The molecule has 1 atom stereocenters. The lowest BCUT2D eigenvalue weighted by atomic mass is 10.2. The third-order valence-corrected chi connectivity index (χ3v) is 5.58. The SMILES string of the molecule is Cc1ccc(S(=O)(=O)O)cc1.NCC(=O)NC(=O)C1CCCN1c1ccc([N+](=O)[O-])cc1. The number of carbonyl (C=O) groups excluding carboxylic acids is 2. The maximum absolute atomic E-state index is 12.0. The smallest absolute Gasteiger partial charge is 0.294 e. The Hall–Kier alpha value is -3.35. The summed E-state index contributed by atoms with van der Waals surface area (Å²) in [6.07, 6.45) is 1.44. The second kappa shape index (κ2) is 10.8. The van der Waals surface area contributed by atoms with Crippen LogP contribution in [0.2, 0.25) is 0 Å². The molecule has 2 amide bonds. The summed E-state index contributed by atoms with van der Waals surface area (Å²) in [6, 6.07) is 11.5. The van der Waals surface area contributed by atoms with Crippen LogP contribution >= 0.6 is 0 Å². The first-order valence-electron chi connectivity index (χ1n) is 9.62. The number of amides is 2. The molecule has 12 heteroatoms. The number of rotatable bonds is 5. The Morgan fingerprint density at radius 2 is 1.78 bits per heavy atom. The van der Waals surface area contributed by atoms with Crippen molar-refractivity contribution < 1.29 is 27.5 Å². The molecule has 0 aliphatic carbocycles. The molecule has 32 heavy (non-hydrogen) atoms. The second-order valence-electron chi connectivity index (χ2n) is 7.03. The highest BCUT2D eigenvalue weighted by Gasteiger charge is 2.31. The first-order valence-corrected chi connectivity index (χ1v) is 11.1. The Labute approximate surface area is 185 Å². The van der Waals surface area contributed by atoms with Gasteiger partial charge in [0.05, 0.1) is 16.4 Å². The zero-order chi connectivity index (χ0) is 23.9. The minimum absolute atomic E-state index is 0.00254. The fraction of sp³-hybridized carbons (Fsp3) is 0.300. The van der Waals surface area contributed by atoms with Gasteiger partial charge < -0.3 is 10.6 Å². The lowest BCUT2D eigenvalue weighted by molar-refractivity contribution is -0.384. The van der Waals surface area contributed by atoms with Gasteiger partial charge in [0, 0.05) is 24.4 Å². The van der Waals surface area contributed by atoms with Crippen molar-refractivity contribution in [1.82, 2.24) is 5.32 Å². The molecular weight excluding hydrogens is 440 g/mol. The molecule has 4 N–H and O–H groups in total. The normalized spacial score (nSPS) is 15.5. The fourth-order valence-electron chi connectivity index (χ4n) is 3.10. The van der Waals surface area contributed by atoms with Crippen LogP contribution in [0, 0.1) is 17.0 Å². The molecule has 1 aliphatic rings. The van der Waals surface area contributed by atoms with Crippen LogP contribution in [-0.4, -0.2) is 48.8 Å². The Kier molecular flexibility index (Phi) is 8.41. The summed E-state index contributed by atoms with van der Waals surface area (Å²) in [5.41, 5.74) is 6.84. The van der Waals surface area contributed by atoms with Gasteiger partial charge in [-0.1, -0.05) is 17.7 Å². The van der Waals surface area contributed by atoms with Crippen molar-refractivity contribution in [3.8, 4) is 0 Å². The molecule has 0 spiro atoms. The number of nitro benzene ring substituents is 1. The summed E-state index contributed by atoms with van der Waals surface area (Å²) in [6.45, 7) is 2.26. The fourth-order valence-corrected chi connectivity index (χ4v) is 3.58. The molecule has 2 aromatic rings. The predicted molar refractivity (Wildman–Crippen MR) is 117 cm³/mol. The van der Waals surface area contributed by atoms with Crippen LogP contribution in [0.3, 0.4) is 0 Å². The molecule has 1 fully saturated rings. The van der Waals surface area contributed by atoms with Gasteiger partial charge in [0.2, 0.25) is 11.8 Å². The van der Waals surface area contributed by atoms with Gasteiger partial charge in [-0.05, 0) is 44.0 Å². The van der Waals surface area contributed by atoms with Gasteiger partial charge in [0.25, 0.3) is 15.8 Å². The number of anilines is 1. The maximum atomic E-state index is 12.0. The summed E-state index contributed by atoms with van der Waals surface area (Å²) < 4.78 is 29.6. The van der Waals surface area contributed by atoms with E-state index in [1.165, 1.54) is 24.3 Å². The Morgan fingerprint density at radius 1 is 1.19 bits per heavy atom. The molecule has 1 unspecified atom stereocenters. The quantitative estimate of drug-likeness (QED) is 0.336. The molecule has 11 nitrogen and oxygen atoms in total. The number of nitrogens with zero attached hydrogens (tertiary/aromatic N) is 2. The van der Waals surface area contributed by atoms with E-state index in [1.807, 2.05) is 11.8 Å². The standard InChI is InChI=1S/C13H16N4O4.C7H8O3S/c14-8-12(18)15-13(19)11-2-1-7-16(11)9-3-5-10(6-4-9)17(20)21;1-6-2-4-7(5-3-6)11(8,9)10/h3-6,11H,1-2,7-8,14H2,(H,15,18,19);2-5H,1H3,(H,8,9,10). The van der Waals surface area contributed by atoms with Crippen molar-refractivity contribution in [3.05, 3.63) is 64.2 Å². The maximum Gasteiger partial charge on any atom is 0.294 e. The number of carbonyl (C=O) groups is 2. The highest BCUT2D eigenvalue weighted by Crippen LogP contribution is 2.27. The molecule has 2 aromatic carbocycles. The van der Waals surface area contributed by atoms with E-state index < -0.39 is 27.0 Å². The number of aryl methyl sites for hydroxylation is 1. The number of imide groups is 1. The highest BCUT2D eigenvalue weighted by atomic mass is 32.2. The molecule has 1 heterocycles. The number of nitrogens with two attached hydrogens (primary N) is 1. The van der Waals surface area contributed by atoms with Gasteiger partial charge in [0.15, 0.2) is 0 Å². The summed E-state index contributed by atoms with van der Waals surface area (Å²) in [4.78, 5) is 35.2. The van der Waals surface area contributed by atoms with Gasteiger partial charge in [-0.25, -0.2) is 0 Å². The molecule has 1 saturated heterocycles. The summed E-state index contributed by atoms with van der Waals surface area (Å²) >= 11 is 0. The van der Waals surface area contributed by atoms with E-state index in [2.05, 4.69) is 5.32 Å². The number of hydrogen-bond acceptors (Lipinski definition) is 8. The van der Waals surface area contributed by atoms with Crippen LogP contribution in [0.1, 0.15) is 18.4 Å². The average Bonchev–Trinajstić information content (AvgIpc) is 3.24. The Balaban J connectivity index is 0.000000278. The van der Waals surface area contributed by atoms with Crippen LogP contribution in [0.5, 0.6) is 0 Å². The molecular formula is C20H24N4O7S. The van der Waals surface area contributed by atoms with Crippen molar-refractivity contribution >= 4 is 33.3 Å². The number of nitro groups is 1. The summed E-state index contributed by atoms with van der Waals surface area (Å²) in [7, 11) is -4.02. The first kappa shape index (κ1) is 24.9. The number of nitrogens with one attached hydrogen (secondary N) is 1. The molecule has 0 saturated carbocycles. The van der Waals surface area contributed by atoms with E-state index in [4.69, 9.17) is 10.3 Å². The van der Waals surface area contributed by atoms with Gasteiger partial charge in [-0.15, -0.1) is 0 Å². The van der Waals surface area contributed by atoms with E-state index >= 15 is 0 Å². The Morgan fingerprint density at radius 3 is 2.28 bits per heavy atom. The average molecular weight is 465 g/mol. The van der Waals surface area contributed by atoms with E-state index in [0.717, 1.165) is 17.7 Å². The molecule has 0 bridgehead atoms. The van der Waals surface area contributed by atoms with Crippen molar-refractivity contribution in [2.24, 2.45) is 5.73 Å². The van der Waals surface area contributed by atoms with Gasteiger partial charge >= 0.3 is 0 Å². The largest absolute Gasteiger partial charge is 0.360 e. The van der Waals surface area contributed by atoms with Gasteiger partial charge in [0.1, 0.15) is 6.04 Å². The van der Waals surface area contributed by atoms with Crippen molar-refractivity contribution in [2.45, 2.75) is 30.7 Å². The van der Waals surface area contributed by atoms with E-state index in [9.17, 15) is 28.1 Å². The van der Waals surface area contributed by atoms with Crippen LogP contribution in [0.4, 0.5) is 11.4 Å². The minimum atomic E-state index is -4.02. The third kappa shape index (κ3) is 6.83. The number of non-ortho nitro benzene ring substituents is 1. The molecule has 0 aromatic heterocycles. The molecule has 3 rings (SSSR count). The zero-order valence-corrected chi connectivity index (χ0v) is 18.1. The van der Waals surface area contributed by atoms with Crippen molar-refractivity contribution in [3.63, 3.8) is 0 Å². The summed E-state index contributed by atoms with van der Waals surface area (Å²) in [5, 5.41) is 12.9. The lowest BCUT2D eigenvalue weighted by Gasteiger charge is -2.25. The van der Waals surface area contributed by atoms with Crippen LogP contribution in [0.25, 0.3) is 0 Å². The molecule has 172 valence electrons. The first-order chi connectivity index (χ1) is 15.0. The Bertz CT molecular complexity index is 1070. The van der Waals surface area contributed by atoms with Crippen LogP contribution < -0.4 is 16.0 Å². The lowest BCUT2D eigenvalue weighted by Crippen LogP contribution is -2.47. The number of hydrogen-bond donors (Lipinski definition) is 3. The third-order valence-electron chi connectivity index (χ3n) is 4.71. The van der Waals surface area contributed by atoms with Crippen molar-refractivity contribution in [1.29, 1.82) is 0 Å². The van der Waals surface area contributed by atoms with E-state index in [1.54, 1.807) is 24.3 Å². The predicted octanol–water partition coefficient (Wildman–Crippen LogP) is 1.41. The van der Waals surface area contributed by atoms with Crippen molar-refractivity contribution in [2.75, 3.05) is 18.0 Å². The second-order valence-corrected chi connectivity index (χ2v) is 8.45. The van der Waals surface area contributed by atoms with Gasteiger partial charge in [-0.3, -0.25) is 29.6 Å². The topological polar surface area (TPSA) is 173 Å². The summed E-state index contributed by atoms with van der Waals surface area (Å²) in [5.74, 6) is -0.906. The van der Waals surface area contributed by atoms with Crippen LogP contribution in [-0.2, 0) is 19.7 Å².